The third-order valence-electron chi connectivity index (χ3n) is 3.63. The molecule has 0 N–H and O–H groups in total. The van der Waals surface area contributed by atoms with Crippen LogP contribution in [-0.4, -0.2) is 24.3 Å². The highest BCUT2D eigenvalue weighted by Crippen LogP contribution is 2.29. The van der Waals surface area contributed by atoms with Gasteiger partial charge in [0.25, 0.3) is 0 Å². The summed E-state index contributed by atoms with van der Waals surface area (Å²) in [6.07, 6.45) is 2.40. The second kappa shape index (κ2) is 5.51. The predicted molar refractivity (Wildman–Crippen MR) is 84.4 cm³/mol. The molecule has 0 aliphatic carbocycles. The van der Waals surface area contributed by atoms with Crippen molar-refractivity contribution in [1.29, 1.82) is 0 Å². The summed E-state index contributed by atoms with van der Waals surface area (Å²) in [5.74, 6) is 0. The molecule has 0 saturated carbocycles. The largest absolute Gasteiger partial charge is 0.261 e. The van der Waals surface area contributed by atoms with Crippen LogP contribution < -0.4 is 0 Å². The van der Waals surface area contributed by atoms with Gasteiger partial charge < -0.3 is 0 Å². The van der Waals surface area contributed by atoms with Crippen molar-refractivity contribution >= 4 is 26.0 Å². The van der Waals surface area contributed by atoms with Gasteiger partial charge in [0, 0.05) is 35.9 Å². The summed E-state index contributed by atoms with van der Waals surface area (Å²) in [4.78, 5) is 4.63. The average molecular weight is 367 g/mol. The van der Waals surface area contributed by atoms with Gasteiger partial charge in [0.15, 0.2) is 0 Å². The number of hydrogen-bond acceptors (Lipinski definition) is 3. The lowest BCUT2D eigenvalue weighted by Gasteiger charge is -2.27. The first-order valence-electron chi connectivity index (χ1n) is 6.67. The molecule has 1 aromatic heterocycles. The summed E-state index contributed by atoms with van der Waals surface area (Å²) in [7, 11) is -3.49. The number of pyridine rings is 1. The fourth-order valence-corrected chi connectivity index (χ4v) is 5.07. The Bertz CT molecular complexity index is 790. The number of nitrogens with zero attached hydrogens (tertiary/aromatic N) is 2. The molecule has 4 nitrogen and oxygen atoms in total. The number of rotatable bonds is 2. The van der Waals surface area contributed by atoms with Gasteiger partial charge >= 0.3 is 0 Å². The van der Waals surface area contributed by atoms with Crippen LogP contribution in [0.15, 0.2) is 45.9 Å². The smallest absolute Gasteiger partial charge is 0.244 e. The van der Waals surface area contributed by atoms with Crippen molar-refractivity contribution < 1.29 is 8.42 Å². The molecule has 0 atom stereocenters. The number of aryl methyl sites for hydroxylation is 1. The van der Waals surface area contributed by atoms with Gasteiger partial charge in [0.1, 0.15) is 0 Å². The summed E-state index contributed by atoms with van der Waals surface area (Å²) >= 11 is 3.36. The number of benzene rings is 1. The topological polar surface area (TPSA) is 50.3 Å². The van der Waals surface area contributed by atoms with E-state index in [-0.39, 0.29) is 0 Å². The second-order valence-corrected chi connectivity index (χ2v) is 7.89. The molecule has 1 aliphatic heterocycles. The minimum atomic E-state index is -3.49. The quantitative estimate of drug-likeness (QED) is 0.820. The van der Waals surface area contributed by atoms with E-state index < -0.39 is 10.0 Å². The average Bonchev–Trinajstić information content (AvgIpc) is 2.46. The van der Waals surface area contributed by atoms with Crippen molar-refractivity contribution in [2.45, 2.75) is 24.8 Å². The van der Waals surface area contributed by atoms with Crippen LogP contribution in [0.4, 0.5) is 0 Å². The van der Waals surface area contributed by atoms with Crippen molar-refractivity contribution in [1.82, 2.24) is 9.29 Å². The number of hydrogen-bond donors (Lipinski definition) is 0. The minimum absolute atomic E-state index is 0.320. The number of sulfonamides is 1. The highest BCUT2D eigenvalue weighted by Gasteiger charge is 2.30. The Balaban J connectivity index is 1.97. The first-order chi connectivity index (χ1) is 9.98. The van der Waals surface area contributed by atoms with Crippen LogP contribution in [0.3, 0.4) is 0 Å². The maximum absolute atomic E-state index is 12.8. The van der Waals surface area contributed by atoms with E-state index in [1.165, 1.54) is 4.31 Å². The monoisotopic (exact) mass is 366 g/mol. The molecule has 6 heteroatoms. The van der Waals surface area contributed by atoms with Crippen molar-refractivity contribution in [3.63, 3.8) is 0 Å². The lowest BCUT2D eigenvalue weighted by Crippen LogP contribution is -2.36. The van der Waals surface area contributed by atoms with Gasteiger partial charge in [-0.15, -0.1) is 0 Å². The third kappa shape index (κ3) is 2.75. The summed E-state index contributed by atoms with van der Waals surface area (Å²) < 4.78 is 27.7. The molecule has 0 amide bonds. The number of aromatic nitrogens is 1. The van der Waals surface area contributed by atoms with Crippen LogP contribution in [0.5, 0.6) is 0 Å². The Hall–Kier alpha value is -1.24. The van der Waals surface area contributed by atoms with E-state index in [9.17, 15) is 8.42 Å². The number of fused-ring (bicyclic) bond motifs is 1. The van der Waals surface area contributed by atoms with Crippen molar-refractivity contribution in [2.75, 3.05) is 6.54 Å². The fourth-order valence-electron chi connectivity index (χ4n) is 2.50. The molecule has 0 saturated heterocycles. The Morgan fingerprint density at radius 3 is 2.86 bits per heavy atom. The highest BCUT2D eigenvalue weighted by molar-refractivity contribution is 9.10. The summed E-state index contributed by atoms with van der Waals surface area (Å²) in [6, 6.07) is 9.09. The van der Waals surface area contributed by atoms with Crippen LogP contribution >= 0.6 is 15.9 Å². The predicted octanol–water partition coefficient (Wildman–Crippen LogP) is 2.90. The molecule has 0 radical (unpaired) electrons. The Labute approximate surface area is 133 Å². The normalized spacial score (nSPS) is 15.7. The molecule has 1 aliphatic rings. The van der Waals surface area contributed by atoms with Gasteiger partial charge in [0.2, 0.25) is 10.0 Å². The summed E-state index contributed by atoms with van der Waals surface area (Å²) in [5, 5.41) is 0. The molecule has 2 heterocycles. The number of halogens is 1. The van der Waals surface area contributed by atoms with E-state index in [0.717, 1.165) is 16.8 Å². The van der Waals surface area contributed by atoms with Crippen LogP contribution in [0, 0.1) is 6.92 Å². The molecule has 0 spiro atoms. The molecule has 21 heavy (non-hydrogen) atoms. The standard InChI is InChI=1S/C15H15BrN2O2S/c1-11-4-5-15(13(16)9-11)21(19,20)18-8-6-14-12(10-18)3-2-7-17-14/h2-5,7,9H,6,8,10H2,1H3. The van der Waals surface area contributed by atoms with Gasteiger partial charge in [-0.1, -0.05) is 12.1 Å². The Kier molecular flexibility index (Phi) is 3.86. The fraction of sp³-hybridized carbons (Fsp3) is 0.267. The van der Waals surface area contributed by atoms with E-state index >= 15 is 0 Å². The van der Waals surface area contributed by atoms with E-state index in [1.807, 2.05) is 31.2 Å². The van der Waals surface area contributed by atoms with Crippen LogP contribution in [-0.2, 0) is 23.0 Å². The maximum atomic E-state index is 12.8. The van der Waals surface area contributed by atoms with E-state index in [4.69, 9.17) is 0 Å². The molecular formula is C15H15BrN2O2S. The second-order valence-electron chi connectivity index (χ2n) is 5.13. The van der Waals surface area contributed by atoms with E-state index in [0.29, 0.717) is 28.9 Å². The lowest BCUT2D eigenvalue weighted by atomic mass is 10.1. The molecule has 110 valence electrons. The van der Waals surface area contributed by atoms with Crippen LogP contribution in [0.2, 0.25) is 0 Å². The SMILES string of the molecule is Cc1ccc(S(=O)(=O)N2CCc3ncccc3C2)c(Br)c1. The van der Waals surface area contributed by atoms with Crippen molar-refractivity contribution in [3.8, 4) is 0 Å². The molecular weight excluding hydrogens is 352 g/mol. The van der Waals surface area contributed by atoms with E-state index in [2.05, 4.69) is 20.9 Å². The Morgan fingerprint density at radius 2 is 2.10 bits per heavy atom. The third-order valence-corrected chi connectivity index (χ3v) is 6.46. The molecule has 1 aromatic carbocycles. The zero-order chi connectivity index (χ0) is 15.0. The molecule has 3 rings (SSSR count). The van der Waals surface area contributed by atoms with Gasteiger partial charge in [-0.3, -0.25) is 4.98 Å². The first-order valence-corrected chi connectivity index (χ1v) is 8.91. The molecule has 2 aromatic rings. The van der Waals surface area contributed by atoms with Gasteiger partial charge in [-0.25, -0.2) is 8.42 Å². The maximum Gasteiger partial charge on any atom is 0.244 e. The molecule has 0 bridgehead atoms. The minimum Gasteiger partial charge on any atom is -0.261 e. The first kappa shape index (κ1) is 14.7. The highest BCUT2D eigenvalue weighted by atomic mass is 79.9. The van der Waals surface area contributed by atoms with Gasteiger partial charge in [0.05, 0.1) is 4.90 Å². The molecule has 0 unspecified atom stereocenters. The van der Waals surface area contributed by atoms with Crippen LogP contribution in [0.1, 0.15) is 16.8 Å². The lowest BCUT2D eigenvalue weighted by molar-refractivity contribution is 0.387. The van der Waals surface area contributed by atoms with Gasteiger partial charge in [-0.05, 0) is 52.2 Å². The van der Waals surface area contributed by atoms with Gasteiger partial charge in [-0.2, -0.15) is 4.31 Å². The molecule has 0 fully saturated rings. The zero-order valence-corrected chi connectivity index (χ0v) is 14.0. The zero-order valence-electron chi connectivity index (χ0n) is 11.6. The van der Waals surface area contributed by atoms with Crippen molar-refractivity contribution in [3.05, 3.63) is 57.8 Å². The van der Waals surface area contributed by atoms with E-state index in [1.54, 1.807) is 12.3 Å². The van der Waals surface area contributed by atoms with Crippen LogP contribution in [0.25, 0.3) is 0 Å². The summed E-state index contributed by atoms with van der Waals surface area (Å²) in [6.45, 7) is 2.78. The summed E-state index contributed by atoms with van der Waals surface area (Å²) in [5.41, 5.74) is 3.00. The van der Waals surface area contributed by atoms with Crippen molar-refractivity contribution in [2.24, 2.45) is 0 Å². The Morgan fingerprint density at radius 1 is 1.29 bits per heavy atom.